The number of para-hydroxylation sites is 2. The van der Waals surface area contributed by atoms with Gasteiger partial charge in [-0.15, -0.1) is 0 Å². The summed E-state index contributed by atoms with van der Waals surface area (Å²) in [6, 6.07) is 6.98. The van der Waals surface area contributed by atoms with Crippen LogP contribution in [0.5, 0.6) is 0 Å². The quantitative estimate of drug-likeness (QED) is 0.810. The molecule has 3 rings (SSSR count). The molecule has 28 heavy (non-hydrogen) atoms. The van der Waals surface area contributed by atoms with E-state index >= 15 is 0 Å². The smallest absolute Gasteiger partial charge is 0.410 e. The van der Waals surface area contributed by atoms with E-state index in [1.54, 1.807) is 4.90 Å². The summed E-state index contributed by atoms with van der Waals surface area (Å²) in [6.45, 7) is 7.02. The highest BCUT2D eigenvalue weighted by atomic mass is 16.6. The van der Waals surface area contributed by atoms with Crippen LogP contribution in [0.1, 0.15) is 58.4 Å². The minimum Gasteiger partial charge on any atom is -0.444 e. The summed E-state index contributed by atoms with van der Waals surface area (Å²) in [7, 11) is 0. The Morgan fingerprint density at radius 1 is 1.36 bits per heavy atom. The summed E-state index contributed by atoms with van der Waals surface area (Å²) in [4.78, 5) is 18.2. The van der Waals surface area contributed by atoms with Crippen molar-refractivity contribution in [2.24, 2.45) is 11.7 Å². The van der Waals surface area contributed by atoms with E-state index in [4.69, 9.17) is 14.9 Å². The van der Waals surface area contributed by atoms with Gasteiger partial charge in [-0.3, -0.25) is 0 Å². The minimum absolute atomic E-state index is 0.242. The lowest BCUT2D eigenvalue weighted by atomic mass is 9.90. The van der Waals surface area contributed by atoms with Gasteiger partial charge < -0.3 is 24.9 Å². The maximum atomic E-state index is 12.1. The van der Waals surface area contributed by atoms with Gasteiger partial charge in [-0.2, -0.15) is 0 Å². The van der Waals surface area contributed by atoms with Gasteiger partial charge in [0.2, 0.25) is 5.89 Å². The van der Waals surface area contributed by atoms with Crippen molar-refractivity contribution >= 4 is 17.2 Å². The number of aromatic nitrogens is 1. The number of rotatable bonds is 5. The van der Waals surface area contributed by atoms with Gasteiger partial charge >= 0.3 is 6.09 Å². The van der Waals surface area contributed by atoms with E-state index in [0.29, 0.717) is 31.0 Å². The van der Waals surface area contributed by atoms with Crippen LogP contribution < -0.4 is 5.73 Å². The molecule has 1 saturated heterocycles. The molecule has 1 aliphatic rings. The third kappa shape index (κ3) is 5.23. The number of oxazole rings is 1. The Hall–Kier alpha value is -2.12. The maximum Gasteiger partial charge on any atom is 0.410 e. The average molecular weight is 389 g/mol. The number of nitrogens with two attached hydrogens (primary N) is 1. The van der Waals surface area contributed by atoms with Gasteiger partial charge in [-0.05, 0) is 64.5 Å². The molecule has 0 saturated carbocycles. The van der Waals surface area contributed by atoms with Gasteiger partial charge in [-0.1, -0.05) is 12.1 Å². The van der Waals surface area contributed by atoms with Gasteiger partial charge in [0.05, 0.1) is 0 Å². The first kappa shape index (κ1) is 20.6. The third-order valence-electron chi connectivity index (χ3n) is 5.14. The molecular weight excluding hydrogens is 358 g/mol. The highest BCUT2D eigenvalue weighted by molar-refractivity contribution is 5.72. The van der Waals surface area contributed by atoms with E-state index in [0.717, 1.165) is 24.8 Å². The second kappa shape index (κ2) is 8.49. The molecule has 2 atom stereocenters. The number of aliphatic hydroxyl groups is 1. The van der Waals surface area contributed by atoms with Gasteiger partial charge in [0.15, 0.2) is 5.58 Å². The van der Waals surface area contributed by atoms with Crippen LogP contribution in [-0.2, 0) is 4.74 Å². The predicted octanol–water partition coefficient (Wildman–Crippen LogP) is 3.62. The molecule has 1 aromatic heterocycles. The number of hydrogen-bond acceptors (Lipinski definition) is 6. The number of nitrogens with zero attached hydrogens (tertiary/aromatic N) is 2. The van der Waals surface area contributed by atoms with Gasteiger partial charge in [0.25, 0.3) is 0 Å². The number of aliphatic hydroxyl groups excluding tert-OH is 1. The molecule has 2 heterocycles. The second-order valence-corrected chi connectivity index (χ2v) is 8.62. The summed E-state index contributed by atoms with van der Waals surface area (Å²) in [6.07, 6.45) is 2.26. The molecule has 1 unspecified atom stereocenters. The van der Waals surface area contributed by atoms with Gasteiger partial charge in [0.1, 0.15) is 17.2 Å². The number of fused-ring (bicyclic) bond motifs is 1. The molecule has 1 aromatic carbocycles. The monoisotopic (exact) mass is 389 g/mol. The highest BCUT2D eigenvalue weighted by Crippen LogP contribution is 2.27. The molecule has 1 aliphatic heterocycles. The molecule has 7 nitrogen and oxygen atoms in total. The number of carbonyl (C=O) groups excluding carboxylic acids is 1. The Balaban J connectivity index is 1.45. The summed E-state index contributed by atoms with van der Waals surface area (Å²) in [5, 5.41) is 10.5. The van der Waals surface area contributed by atoms with Gasteiger partial charge in [-0.25, -0.2) is 9.78 Å². The summed E-state index contributed by atoms with van der Waals surface area (Å²) in [5.41, 5.74) is 7.10. The number of ether oxygens (including phenoxy) is 1. The third-order valence-corrected chi connectivity index (χ3v) is 5.14. The number of benzene rings is 1. The fraction of sp³-hybridized carbons (Fsp3) is 0.619. The molecular formula is C21H31N3O4. The van der Waals surface area contributed by atoms with Crippen molar-refractivity contribution in [1.82, 2.24) is 9.88 Å². The number of likely N-dealkylation sites (tertiary alicyclic amines) is 1. The number of hydrogen-bond donors (Lipinski definition) is 2. The van der Waals surface area contributed by atoms with Crippen LogP contribution in [0, 0.1) is 5.92 Å². The van der Waals surface area contributed by atoms with E-state index in [9.17, 15) is 9.90 Å². The molecule has 3 N–H and O–H groups in total. The van der Waals surface area contributed by atoms with Crippen LogP contribution in [0.15, 0.2) is 28.7 Å². The summed E-state index contributed by atoms with van der Waals surface area (Å²) >= 11 is 0. The molecule has 0 radical (unpaired) electrons. The Kier molecular flexibility index (Phi) is 6.25. The molecule has 0 spiro atoms. The van der Waals surface area contributed by atoms with Crippen LogP contribution >= 0.6 is 0 Å². The second-order valence-electron chi connectivity index (χ2n) is 8.62. The Labute approximate surface area is 165 Å². The lowest BCUT2D eigenvalue weighted by molar-refractivity contribution is 0.0177. The average Bonchev–Trinajstić information content (AvgIpc) is 3.08. The predicted molar refractivity (Wildman–Crippen MR) is 107 cm³/mol. The largest absolute Gasteiger partial charge is 0.444 e. The maximum absolute atomic E-state index is 12.1. The Morgan fingerprint density at radius 3 is 2.68 bits per heavy atom. The van der Waals surface area contributed by atoms with Crippen LogP contribution in [0.3, 0.4) is 0 Å². The van der Waals surface area contributed by atoms with Crippen LogP contribution in [0.4, 0.5) is 4.79 Å². The molecule has 0 bridgehead atoms. The number of carbonyl (C=O) groups is 1. The lowest BCUT2D eigenvalue weighted by Gasteiger charge is -2.33. The zero-order valence-corrected chi connectivity index (χ0v) is 16.9. The summed E-state index contributed by atoms with van der Waals surface area (Å²) < 4.78 is 11.1. The van der Waals surface area contributed by atoms with Crippen molar-refractivity contribution in [1.29, 1.82) is 0 Å². The SMILES string of the molecule is CC(C)(C)OC(=O)N1CCC(CC[C@H](N)C(O)c2nc3ccccc3o2)CC1. The van der Waals surface area contributed by atoms with Crippen molar-refractivity contribution in [3.63, 3.8) is 0 Å². The number of amides is 1. The molecule has 1 amide bonds. The van der Waals surface area contributed by atoms with Crippen LogP contribution in [-0.4, -0.2) is 45.8 Å². The number of piperidine rings is 1. The van der Waals surface area contributed by atoms with Crippen molar-refractivity contribution in [2.45, 2.75) is 64.2 Å². The van der Waals surface area contributed by atoms with Crippen molar-refractivity contribution in [3.8, 4) is 0 Å². The van der Waals surface area contributed by atoms with Gasteiger partial charge in [0, 0.05) is 19.1 Å². The van der Waals surface area contributed by atoms with Crippen LogP contribution in [0.2, 0.25) is 0 Å². The van der Waals surface area contributed by atoms with E-state index in [2.05, 4.69) is 4.98 Å². The normalized spacial score (nSPS) is 18.2. The summed E-state index contributed by atoms with van der Waals surface area (Å²) in [5.74, 6) is 0.758. The zero-order valence-electron chi connectivity index (χ0n) is 16.9. The zero-order chi connectivity index (χ0) is 20.3. The molecule has 7 heteroatoms. The lowest BCUT2D eigenvalue weighted by Crippen LogP contribution is -2.42. The van der Waals surface area contributed by atoms with Crippen molar-refractivity contribution in [3.05, 3.63) is 30.2 Å². The Bertz CT molecular complexity index is 757. The molecule has 2 aromatic rings. The standard InChI is InChI=1S/C21H31N3O4/c1-21(2,3)28-20(26)24-12-10-14(11-13-24)8-9-15(22)18(25)19-23-16-6-4-5-7-17(16)27-19/h4-7,14-15,18,25H,8-13,22H2,1-3H3/t15-,18?/m0/s1. The van der Waals surface area contributed by atoms with Crippen molar-refractivity contribution < 1.29 is 19.1 Å². The minimum atomic E-state index is -0.922. The van der Waals surface area contributed by atoms with E-state index in [-0.39, 0.29) is 12.0 Å². The highest BCUT2D eigenvalue weighted by Gasteiger charge is 2.28. The van der Waals surface area contributed by atoms with Crippen LogP contribution in [0.25, 0.3) is 11.1 Å². The topological polar surface area (TPSA) is 102 Å². The van der Waals surface area contributed by atoms with Crippen molar-refractivity contribution in [2.75, 3.05) is 13.1 Å². The fourth-order valence-corrected chi connectivity index (χ4v) is 3.52. The van der Waals surface area contributed by atoms with E-state index < -0.39 is 17.7 Å². The van der Waals surface area contributed by atoms with E-state index in [1.807, 2.05) is 45.0 Å². The van der Waals surface area contributed by atoms with E-state index in [1.165, 1.54) is 0 Å². The molecule has 154 valence electrons. The first-order valence-electron chi connectivity index (χ1n) is 10.00. The Morgan fingerprint density at radius 2 is 2.04 bits per heavy atom. The molecule has 1 fully saturated rings. The molecule has 0 aliphatic carbocycles. The first-order valence-corrected chi connectivity index (χ1v) is 10.00. The first-order chi connectivity index (χ1) is 13.2. The fourth-order valence-electron chi connectivity index (χ4n) is 3.52.